The van der Waals surface area contributed by atoms with Crippen LogP contribution in [-0.2, 0) is 4.79 Å². The molecule has 2 amide bonds. The summed E-state index contributed by atoms with van der Waals surface area (Å²) < 4.78 is 29.0. The molecule has 0 aliphatic carbocycles. The minimum atomic E-state index is -2.62. The van der Waals surface area contributed by atoms with Gasteiger partial charge < -0.3 is 20.5 Å². The highest BCUT2D eigenvalue weighted by Crippen LogP contribution is 2.23. The van der Waals surface area contributed by atoms with Crippen LogP contribution in [0, 0.1) is 0 Å². The Labute approximate surface area is 113 Å². The van der Waals surface area contributed by atoms with Crippen molar-refractivity contribution in [1.29, 1.82) is 0 Å². The number of carbonyl (C=O) groups is 2. The molecule has 0 aliphatic heterocycles. The smallest absolute Gasteiger partial charge is 0.319 e. The van der Waals surface area contributed by atoms with Crippen LogP contribution in [0.3, 0.4) is 0 Å². The van der Waals surface area contributed by atoms with Gasteiger partial charge in [-0.3, -0.25) is 4.79 Å². The summed E-state index contributed by atoms with van der Waals surface area (Å²) in [5.74, 6) is -0.924. The van der Waals surface area contributed by atoms with E-state index in [0.29, 0.717) is 0 Å². The zero-order chi connectivity index (χ0) is 15.0. The second-order valence-electron chi connectivity index (χ2n) is 3.72. The number of ether oxygens (including phenoxy) is 1. The zero-order valence-corrected chi connectivity index (χ0v) is 10.4. The normalized spacial score (nSPS) is 10.2. The Kier molecular flexibility index (Phi) is 6.21. The van der Waals surface area contributed by atoms with Crippen LogP contribution in [0.4, 0.5) is 19.3 Å². The van der Waals surface area contributed by atoms with Gasteiger partial charge in [0.15, 0.2) is 0 Å². The Balaban J connectivity index is 2.53. The Hall–Kier alpha value is -2.38. The molecule has 0 radical (unpaired) electrons. The maximum atomic E-state index is 12.1. The highest BCUT2D eigenvalue weighted by atomic mass is 19.3. The van der Waals surface area contributed by atoms with Crippen LogP contribution in [-0.4, -0.2) is 36.7 Å². The summed E-state index contributed by atoms with van der Waals surface area (Å²) in [4.78, 5) is 21.7. The van der Waals surface area contributed by atoms with Crippen LogP contribution in [0.1, 0.15) is 6.42 Å². The van der Waals surface area contributed by atoms with E-state index >= 15 is 0 Å². The summed E-state index contributed by atoms with van der Waals surface area (Å²) in [7, 11) is 0. The fraction of sp³-hybridized carbons (Fsp3) is 0.333. The molecule has 0 spiro atoms. The Morgan fingerprint density at radius 1 is 1.30 bits per heavy atom. The lowest BCUT2D eigenvalue weighted by molar-refractivity contribution is -0.136. The number of rotatable bonds is 7. The van der Waals surface area contributed by atoms with Crippen molar-refractivity contribution in [3.05, 3.63) is 24.3 Å². The van der Waals surface area contributed by atoms with Gasteiger partial charge in [-0.25, -0.2) is 13.6 Å². The predicted molar refractivity (Wildman–Crippen MR) is 67.2 cm³/mol. The lowest BCUT2D eigenvalue weighted by Crippen LogP contribution is -2.30. The number of carboxylic acid groups (broad SMARTS) is 1. The maximum Gasteiger partial charge on any atom is 0.319 e. The molecule has 0 bridgehead atoms. The standard InChI is InChI=1S/C12H14F2N2O4/c13-10(14)7-20-9-4-2-1-3-8(9)16-12(19)15-6-5-11(17)18/h1-4,10H,5-7H2,(H,17,18)(H2,15,16,19). The molecule has 1 aromatic carbocycles. The average molecular weight is 288 g/mol. The average Bonchev–Trinajstić information content (AvgIpc) is 2.37. The quantitative estimate of drug-likeness (QED) is 0.715. The Bertz CT molecular complexity index is 469. The lowest BCUT2D eigenvalue weighted by atomic mass is 10.3. The summed E-state index contributed by atoms with van der Waals surface area (Å²) >= 11 is 0. The van der Waals surface area contributed by atoms with E-state index in [1.54, 1.807) is 12.1 Å². The molecule has 8 heteroatoms. The van der Waals surface area contributed by atoms with Gasteiger partial charge in [0.25, 0.3) is 6.43 Å². The van der Waals surface area contributed by atoms with Crippen LogP contribution < -0.4 is 15.4 Å². The topological polar surface area (TPSA) is 87.7 Å². The molecule has 6 nitrogen and oxygen atoms in total. The van der Waals surface area contributed by atoms with E-state index in [9.17, 15) is 18.4 Å². The van der Waals surface area contributed by atoms with Crippen molar-refractivity contribution in [2.24, 2.45) is 0 Å². The third kappa shape index (κ3) is 5.98. The molecule has 0 fully saturated rings. The number of amides is 2. The Morgan fingerprint density at radius 2 is 2.00 bits per heavy atom. The van der Waals surface area contributed by atoms with Gasteiger partial charge in [0, 0.05) is 6.54 Å². The van der Waals surface area contributed by atoms with Crippen LogP contribution in [0.2, 0.25) is 0 Å². The number of halogens is 2. The van der Waals surface area contributed by atoms with Gasteiger partial charge in [-0.05, 0) is 12.1 Å². The summed E-state index contributed by atoms with van der Waals surface area (Å²) in [6.07, 6.45) is -2.83. The fourth-order valence-corrected chi connectivity index (χ4v) is 1.30. The molecule has 1 aromatic rings. The maximum absolute atomic E-state index is 12.1. The molecule has 3 N–H and O–H groups in total. The molecular formula is C12H14F2N2O4. The largest absolute Gasteiger partial charge is 0.485 e. The number of carboxylic acids is 1. The molecule has 0 atom stereocenters. The van der Waals surface area contributed by atoms with Gasteiger partial charge in [0.05, 0.1) is 12.1 Å². The first-order valence-corrected chi connectivity index (χ1v) is 5.75. The van der Waals surface area contributed by atoms with Gasteiger partial charge in [-0.2, -0.15) is 0 Å². The van der Waals surface area contributed by atoms with Crippen molar-refractivity contribution in [3.63, 3.8) is 0 Å². The van der Waals surface area contributed by atoms with Crippen LogP contribution in [0.25, 0.3) is 0 Å². The highest BCUT2D eigenvalue weighted by molar-refractivity contribution is 5.91. The van der Waals surface area contributed by atoms with Gasteiger partial charge in [0.2, 0.25) is 0 Å². The van der Waals surface area contributed by atoms with Crippen LogP contribution in [0.5, 0.6) is 5.75 Å². The van der Waals surface area contributed by atoms with Gasteiger partial charge in [-0.15, -0.1) is 0 Å². The van der Waals surface area contributed by atoms with Gasteiger partial charge in [-0.1, -0.05) is 12.1 Å². The minimum Gasteiger partial charge on any atom is -0.485 e. The van der Waals surface area contributed by atoms with Crippen LogP contribution >= 0.6 is 0 Å². The van der Waals surface area contributed by atoms with Crippen molar-refractivity contribution >= 4 is 17.7 Å². The van der Waals surface area contributed by atoms with Crippen molar-refractivity contribution < 1.29 is 28.2 Å². The van der Waals surface area contributed by atoms with Gasteiger partial charge in [0.1, 0.15) is 12.4 Å². The van der Waals surface area contributed by atoms with E-state index in [4.69, 9.17) is 9.84 Å². The summed E-state index contributed by atoms with van der Waals surface area (Å²) in [5, 5.41) is 13.1. The molecule has 0 aliphatic rings. The van der Waals surface area contributed by atoms with E-state index in [1.807, 2.05) is 0 Å². The number of anilines is 1. The summed E-state index contributed by atoms with van der Waals surface area (Å²) in [6, 6.07) is 5.46. The number of urea groups is 1. The first-order valence-electron chi connectivity index (χ1n) is 5.75. The van der Waals surface area contributed by atoms with Crippen molar-refractivity contribution in [2.75, 3.05) is 18.5 Å². The first kappa shape index (κ1) is 15.7. The third-order valence-electron chi connectivity index (χ3n) is 2.12. The van der Waals surface area contributed by atoms with Gasteiger partial charge >= 0.3 is 12.0 Å². The molecule has 0 saturated carbocycles. The summed E-state index contributed by atoms with van der Waals surface area (Å²) in [6.45, 7) is -0.819. The molecule has 1 rings (SSSR count). The monoisotopic (exact) mass is 288 g/mol. The molecular weight excluding hydrogens is 274 g/mol. The van der Waals surface area contributed by atoms with Crippen molar-refractivity contribution in [1.82, 2.24) is 5.32 Å². The molecule has 0 unspecified atom stereocenters. The van der Waals surface area contributed by atoms with E-state index < -0.39 is 25.0 Å². The number of nitrogens with one attached hydrogen (secondary N) is 2. The second-order valence-corrected chi connectivity index (χ2v) is 3.72. The molecule has 0 heterocycles. The van der Waals surface area contributed by atoms with Crippen LogP contribution in [0.15, 0.2) is 24.3 Å². The SMILES string of the molecule is O=C(O)CCNC(=O)Nc1ccccc1OCC(F)F. The Morgan fingerprint density at radius 3 is 2.65 bits per heavy atom. The minimum absolute atomic E-state index is 0.0405. The lowest BCUT2D eigenvalue weighted by Gasteiger charge is -2.12. The molecule has 0 saturated heterocycles. The third-order valence-corrected chi connectivity index (χ3v) is 2.12. The number of alkyl halides is 2. The number of hydrogen-bond donors (Lipinski definition) is 3. The summed E-state index contributed by atoms with van der Waals surface area (Å²) in [5.41, 5.74) is 0.223. The highest BCUT2D eigenvalue weighted by Gasteiger charge is 2.10. The number of hydrogen-bond acceptors (Lipinski definition) is 3. The number of aliphatic carboxylic acids is 1. The van der Waals surface area contributed by atoms with Crippen molar-refractivity contribution in [2.45, 2.75) is 12.8 Å². The molecule has 0 aromatic heterocycles. The zero-order valence-electron chi connectivity index (χ0n) is 10.4. The fourth-order valence-electron chi connectivity index (χ4n) is 1.30. The number of benzene rings is 1. The number of para-hydroxylation sites is 2. The second kappa shape index (κ2) is 7.93. The first-order chi connectivity index (χ1) is 9.49. The van der Waals surface area contributed by atoms with E-state index in [1.165, 1.54) is 12.1 Å². The predicted octanol–water partition coefficient (Wildman–Crippen LogP) is 1.93. The van der Waals surface area contributed by atoms with E-state index in [-0.39, 0.29) is 24.4 Å². The van der Waals surface area contributed by atoms with E-state index in [0.717, 1.165) is 0 Å². The molecule has 20 heavy (non-hydrogen) atoms. The van der Waals surface area contributed by atoms with E-state index in [2.05, 4.69) is 10.6 Å². The van der Waals surface area contributed by atoms with Crippen molar-refractivity contribution in [3.8, 4) is 5.75 Å². The molecule has 110 valence electrons. The number of carbonyl (C=O) groups excluding carboxylic acids is 1.